The number of hydrogen-bond acceptors (Lipinski definition) is 15. The summed E-state index contributed by atoms with van der Waals surface area (Å²) in [6, 6.07) is 18.6. The summed E-state index contributed by atoms with van der Waals surface area (Å²) in [6.45, 7) is 6.19. The van der Waals surface area contributed by atoms with E-state index in [1.807, 2.05) is 36.7 Å². The molecule has 0 saturated carbocycles. The summed E-state index contributed by atoms with van der Waals surface area (Å²) < 4.78 is 28.5. The van der Waals surface area contributed by atoms with Gasteiger partial charge in [0.25, 0.3) is 23.6 Å². The first-order chi connectivity index (χ1) is 40.5. The van der Waals surface area contributed by atoms with E-state index < -0.39 is 29.9 Å². The predicted octanol–water partition coefficient (Wildman–Crippen LogP) is 8.13. The summed E-state index contributed by atoms with van der Waals surface area (Å²) in [5, 5.41) is 8.34. The molecule has 5 aliphatic rings. The van der Waals surface area contributed by atoms with Crippen molar-refractivity contribution in [2.75, 3.05) is 46.4 Å². The number of carbonyl (C=O) groups excluding carboxylic acids is 8. The molecule has 0 aromatic heterocycles. The minimum atomic E-state index is -0.926. The first-order valence-electron chi connectivity index (χ1n) is 28.1. The molecule has 438 valence electrons. The van der Waals surface area contributed by atoms with Gasteiger partial charge < -0.3 is 49.4 Å². The number of nitrogens with one attached hydrogen (secondary N) is 3. The summed E-state index contributed by atoms with van der Waals surface area (Å²) >= 11 is 0. The smallest absolute Gasteiger partial charge is 0.337 e. The highest BCUT2D eigenvalue weighted by Crippen LogP contribution is 2.42. The molecule has 21 heteroatoms. The van der Waals surface area contributed by atoms with Gasteiger partial charge in [-0.2, -0.15) is 0 Å². The number of imide groups is 1. The second-order valence-corrected chi connectivity index (χ2v) is 21.3. The highest BCUT2D eigenvalue weighted by molar-refractivity contribution is 6.13. The van der Waals surface area contributed by atoms with E-state index in [1.165, 1.54) is 33.5 Å². The van der Waals surface area contributed by atoms with Crippen molar-refractivity contribution in [1.29, 1.82) is 0 Å². The van der Waals surface area contributed by atoms with Gasteiger partial charge in [0.1, 0.15) is 12.1 Å². The molecule has 0 aliphatic carbocycles. The van der Waals surface area contributed by atoms with Gasteiger partial charge in [-0.25, -0.2) is 4.79 Å². The molecule has 4 aromatic carbocycles. The SMILES string of the molecule is COC(=O)c1ccc(C2=CN3C(=O)c4cc(OC)c(OCCCCCOc5cc6c(cc5OC)C(=O)N5C=C(c7ccc(NC(=O)C(C)NC(=O)C(NC(=O)CCCCCN8C(=O)C=CC8=O)C(C)C)cc7)C[C@H]5C=N6)cc4N=C[C@@H]3C2)cc1. The molecule has 0 radical (unpaired) electrons. The van der Waals surface area contributed by atoms with E-state index in [9.17, 15) is 38.4 Å². The lowest BCUT2D eigenvalue weighted by Gasteiger charge is -2.24. The van der Waals surface area contributed by atoms with Gasteiger partial charge >= 0.3 is 5.97 Å². The molecular weight excluding hydrogens is 1080 g/mol. The van der Waals surface area contributed by atoms with Crippen molar-refractivity contribution in [1.82, 2.24) is 25.3 Å². The van der Waals surface area contributed by atoms with E-state index in [1.54, 1.807) is 91.5 Å². The number of ether oxygens (including phenoxy) is 5. The third-order valence-corrected chi connectivity index (χ3v) is 15.1. The van der Waals surface area contributed by atoms with Crippen LogP contribution in [0.5, 0.6) is 23.0 Å². The van der Waals surface area contributed by atoms with Gasteiger partial charge in [-0.1, -0.05) is 44.5 Å². The molecule has 5 aliphatic heterocycles. The third-order valence-electron chi connectivity index (χ3n) is 15.1. The second kappa shape index (κ2) is 26.7. The van der Waals surface area contributed by atoms with Crippen LogP contribution in [0.25, 0.3) is 11.1 Å². The number of methoxy groups -OCH3 is 3. The van der Waals surface area contributed by atoms with Crippen LogP contribution in [0.2, 0.25) is 0 Å². The highest BCUT2D eigenvalue weighted by Gasteiger charge is 2.36. The third kappa shape index (κ3) is 13.6. The van der Waals surface area contributed by atoms with Crippen LogP contribution in [0.15, 0.2) is 107 Å². The van der Waals surface area contributed by atoms with Crippen molar-refractivity contribution < 1.29 is 62.0 Å². The quantitative estimate of drug-likeness (QED) is 0.0322. The highest BCUT2D eigenvalue weighted by atomic mass is 16.5. The number of fused-ring (bicyclic) bond motifs is 4. The Balaban J connectivity index is 0.713. The van der Waals surface area contributed by atoms with Crippen LogP contribution in [0.1, 0.15) is 121 Å². The zero-order valence-electron chi connectivity index (χ0n) is 47.8. The van der Waals surface area contributed by atoms with Gasteiger partial charge in [0.15, 0.2) is 23.0 Å². The fraction of sp³-hybridized carbons (Fsp3) is 0.365. The molecular formula is C63H68N8O13. The minimum Gasteiger partial charge on any atom is -0.493 e. The zero-order chi connectivity index (χ0) is 59.6. The Morgan fingerprint density at radius 3 is 1.62 bits per heavy atom. The fourth-order valence-corrected chi connectivity index (χ4v) is 10.4. The molecule has 0 spiro atoms. The molecule has 84 heavy (non-hydrogen) atoms. The Morgan fingerprint density at radius 1 is 0.607 bits per heavy atom. The molecule has 0 saturated heterocycles. The number of esters is 1. The lowest BCUT2D eigenvalue weighted by Crippen LogP contribution is -2.53. The van der Waals surface area contributed by atoms with Crippen LogP contribution in [-0.2, 0) is 28.7 Å². The Hall–Kier alpha value is -9.40. The largest absolute Gasteiger partial charge is 0.493 e. The topological polar surface area (TPSA) is 253 Å². The second-order valence-electron chi connectivity index (χ2n) is 21.3. The standard InChI is InChI=1S/C63H68N8O13/c1-37(2)58(68-55(72)13-9-7-10-24-69-56(73)22-23-57(69)74)60(76)66-38(3)59(75)67-44-20-18-40(19-21-44)43-28-46-34-65-50-32-54(52(81-5)30-48(50)62(78)71(46)36-43)84-26-12-8-11-25-83-53-31-49-47(29-51(53)80-4)61(77)70-35-42(27-45(70)33-64-49)39-14-16-41(17-15-39)63(79)82-6/h14-23,29-38,45-46,58H,7-13,24-28H2,1-6H3,(H,66,76)(H,67,75)(H,68,72)/t38?,45-,46-,58?/m0/s1. The molecule has 9 rings (SSSR count). The molecule has 4 atom stereocenters. The maximum atomic E-state index is 14.1. The van der Waals surface area contributed by atoms with Crippen molar-refractivity contribution in [2.45, 2.75) is 103 Å². The predicted molar refractivity (Wildman–Crippen MR) is 314 cm³/mol. The summed E-state index contributed by atoms with van der Waals surface area (Å²) in [5.41, 5.74) is 6.24. The van der Waals surface area contributed by atoms with E-state index in [0.29, 0.717) is 115 Å². The Bertz CT molecular complexity index is 3370. The first kappa shape index (κ1) is 59.2. The van der Waals surface area contributed by atoms with E-state index in [0.717, 1.165) is 33.6 Å². The molecule has 2 unspecified atom stereocenters. The molecule has 21 nitrogen and oxygen atoms in total. The zero-order valence-corrected chi connectivity index (χ0v) is 47.8. The Morgan fingerprint density at radius 2 is 1.12 bits per heavy atom. The van der Waals surface area contributed by atoms with Crippen molar-refractivity contribution in [3.8, 4) is 23.0 Å². The van der Waals surface area contributed by atoms with Crippen LogP contribution in [-0.4, -0.2) is 140 Å². The molecule has 0 fully saturated rings. The van der Waals surface area contributed by atoms with E-state index in [2.05, 4.69) is 16.0 Å². The van der Waals surface area contributed by atoms with Gasteiger partial charge in [0.05, 0.1) is 74.7 Å². The average molecular weight is 1150 g/mol. The summed E-state index contributed by atoms with van der Waals surface area (Å²) in [7, 11) is 4.38. The van der Waals surface area contributed by atoms with Gasteiger partial charge in [-0.05, 0) is 104 Å². The number of rotatable bonds is 25. The van der Waals surface area contributed by atoms with Crippen molar-refractivity contribution in [3.05, 3.63) is 125 Å². The summed E-state index contributed by atoms with van der Waals surface area (Å²) in [6.07, 6.45) is 14.7. The van der Waals surface area contributed by atoms with Crippen LogP contribution >= 0.6 is 0 Å². The average Bonchev–Trinajstić information content (AvgIpc) is 2.20. The van der Waals surface area contributed by atoms with Crippen LogP contribution in [0, 0.1) is 5.92 Å². The maximum Gasteiger partial charge on any atom is 0.337 e. The first-order valence-corrected chi connectivity index (χ1v) is 28.1. The Labute approximate surface area is 486 Å². The van der Waals surface area contributed by atoms with Crippen molar-refractivity contribution in [2.24, 2.45) is 15.9 Å². The van der Waals surface area contributed by atoms with Gasteiger partial charge in [0.2, 0.25) is 17.7 Å². The Kier molecular flexibility index (Phi) is 18.8. The summed E-state index contributed by atoms with van der Waals surface area (Å²) in [5.74, 6) is -1.32. The molecule has 4 aromatic rings. The van der Waals surface area contributed by atoms with Crippen LogP contribution in [0.4, 0.5) is 17.1 Å². The normalized spacial score (nSPS) is 17.3. The number of benzene rings is 4. The number of carbonyl (C=O) groups is 8. The van der Waals surface area contributed by atoms with Gasteiger partial charge in [0, 0.05) is 80.6 Å². The van der Waals surface area contributed by atoms with Crippen molar-refractivity contribution in [3.63, 3.8) is 0 Å². The molecule has 0 bridgehead atoms. The molecule has 3 N–H and O–H groups in total. The minimum absolute atomic E-state index is 0.162. The van der Waals surface area contributed by atoms with Gasteiger partial charge in [-0.3, -0.25) is 48.4 Å². The van der Waals surface area contributed by atoms with Crippen molar-refractivity contribution >= 4 is 88.0 Å². The fourth-order valence-electron chi connectivity index (χ4n) is 10.4. The molecule has 5 heterocycles. The lowest BCUT2D eigenvalue weighted by atomic mass is 10.0. The van der Waals surface area contributed by atoms with E-state index >= 15 is 0 Å². The van der Waals surface area contributed by atoms with Crippen LogP contribution < -0.4 is 34.9 Å². The maximum absolute atomic E-state index is 14.1. The number of nitrogens with zero attached hydrogens (tertiary/aromatic N) is 5. The van der Waals surface area contributed by atoms with E-state index in [-0.39, 0.29) is 60.5 Å². The van der Waals surface area contributed by atoms with E-state index in [4.69, 9.17) is 33.7 Å². The monoisotopic (exact) mass is 1140 g/mol. The number of unbranched alkanes of at least 4 members (excludes halogenated alkanes) is 4. The number of aliphatic imine (C=N–C) groups is 2. The number of hydrogen-bond donors (Lipinski definition) is 3. The summed E-state index contributed by atoms with van der Waals surface area (Å²) in [4.78, 5) is 117. The number of amides is 7. The van der Waals surface area contributed by atoms with Crippen LogP contribution in [0.3, 0.4) is 0 Å². The lowest BCUT2D eigenvalue weighted by molar-refractivity contribution is -0.137. The number of anilines is 1. The molecule has 7 amide bonds. The van der Waals surface area contributed by atoms with Gasteiger partial charge in [-0.15, -0.1) is 0 Å².